The van der Waals surface area contributed by atoms with Gasteiger partial charge in [0.2, 0.25) is 12.2 Å². The monoisotopic (exact) mass is 558 g/mol. The molecule has 0 amide bonds. The number of nitrogens with zero attached hydrogens (tertiary/aromatic N) is 4. The van der Waals surface area contributed by atoms with E-state index in [4.69, 9.17) is 29.2 Å². The average Bonchev–Trinajstić information content (AvgIpc) is 3.30. The number of carbonyl (C=O) groups is 1. The molecule has 11 heteroatoms. The molecule has 1 N–H and O–H groups in total. The Hall–Kier alpha value is -4.37. The summed E-state index contributed by atoms with van der Waals surface area (Å²) in [4.78, 5) is 20.8. The van der Waals surface area contributed by atoms with Gasteiger partial charge in [0.15, 0.2) is 0 Å². The molecule has 2 fully saturated rings. The quantitative estimate of drug-likeness (QED) is 0.318. The highest BCUT2D eigenvalue weighted by Crippen LogP contribution is 2.29. The van der Waals surface area contributed by atoms with E-state index in [-0.39, 0.29) is 29.8 Å². The number of rotatable bonds is 9. The van der Waals surface area contributed by atoms with Crippen LogP contribution in [0, 0.1) is 23.1 Å². The second-order valence-corrected chi connectivity index (χ2v) is 10.1. The van der Waals surface area contributed by atoms with Crippen molar-refractivity contribution >= 4 is 17.0 Å². The maximum atomic E-state index is 14.2. The highest BCUT2D eigenvalue weighted by molar-refractivity contribution is 5.92. The van der Waals surface area contributed by atoms with E-state index in [2.05, 4.69) is 9.55 Å². The lowest BCUT2D eigenvalue weighted by atomic mass is 10.1. The summed E-state index contributed by atoms with van der Waals surface area (Å²) in [5, 5.41) is 18.4. The van der Waals surface area contributed by atoms with E-state index in [0.717, 1.165) is 29.9 Å². The standard InChI is InChI=1S/C30H27FN4O6/c31-23-10-18(13-32)4-5-21(23)17-39-28-3-1-2-25(34-28)30-40-15-19(16-41-30)11-27-33-24-7-6-20(29(36)37)12-26(24)35(27)14-22-8-9-38-22/h1-7,10,12,19,22,30H,8-9,11,14-17H2,(H,36,37). The molecule has 2 aromatic carbocycles. The molecule has 6 rings (SSSR count). The number of hydrogen-bond acceptors (Lipinski definition) is 8. The second kappa shape index (κ2) is 11.6. The molecule has 210 valence electrons. The fourth-order valence-corrected chi connectivity index (χ4v) is 4.92. The lowest BCUT2D eigenvalue weighted by molar-refractivity contribution is -0.207. The van der Waals surface area contributed by atoms with Gasteiger partial charge in [0, 0.05) is 30.6 Å². The summed E-state index contributed by atoms with van der Waals surface area (Å²) in [6.45, 7) is 2.12. The van der Waals surface area contributed by atoms with E-state index in [9.17, 15) is 14.3 Å². The Kier molecular flexibility index (Phi) is 7.61. The van der Waals surface area contributed by atoms with Gasteiger partial charge in [0.25, 0.3) is 0 Å². The smallest absolute Gasteiger partial charge is 0.335 e. The van der Waals surface area contributed by atoms with Gasteiger partial charge in [-0.05, 0) is 42.8 Å². The normalized spacial score (nSPS) is 20.3. The number of aromatic nitrogens is 3. The molecule has 0 saturated carbocycles. The van der Waals surface area contributed by atoms with Crippen LogP contribution in [-0.2, 0) is 33.8 Å². The summed E-state index contributed by atoms with van der Waals surface area (Å²) >= 11 is 0. The molecule has 0 aliphatic carbocycles. The SMILES string of the molecule is N#Cc1ccc(COc2cccc(C3OCC(Cc4nc5ccc(C(=O)O)cc5n4CC4CCO4)CO3)n2)c(F)c1. The fourth-order valence-electron chi connectivity index (χ4n) is 4.92. The molecule has 41 heavy (non-hydrogen) atoms. The number of pyridine rings is 1. The van der Waals surface area contributed by atoms with Crippen molar-refractivity contribution in [3.8, 4) is 11.9 Å². The molecule has 1 atom stereocenters. The van der Waals surface area contributed by atoms with E-state index in [1.165, 1.54) is 18.2 Å². The Bertz CT molecular complexity index is 1620. The van der Waals surface area contributed by atoms with Crippen molar-refractivity contribution in [3.63, 3.8) is 0 Å². The van der Waals surface area contributed by atoms with Crippen molar-refractivity contribution in [2.45, 2.75) is 38.4 Å². The average molecular weight is 559 g/mol. The summed E-state index contributed by atoms with van der Waals surface area (Å²) in [5.74, 6) is -0.334. The Morgan fingerprint density at radius 2 is 1.95 bits per heavy atom. The lowest BCUT2D eigenvalue weighted by Gasteiger charge is -2.30. The third-order valence-electron chi connectivity index (χ3n) is 7.24. The Morgan fingerprint density at radius 3 is 2.66 bits per heavy atom. The molecule has 0 radical (unpaired) electrons. The number of imidazole rings is 1. The number of benzene rings is 2. The highest BCUT2D eigenvalue weighted by Gasteiger charge is 2.28. The number of carboxylic acids is 1. The van der Waals surface area contributed by atoms with Crippen LogP contribution in [-0.4, -0.2) is 51.5 Å². The summed E-state index contributed by atoms with van der Waals surface area (Å²) in [6.07, 6.45) is 0.940. The predicted octanol–water partition coefficient (Wildman–Crippen LogP) is 4.41. The minimum Gasteiger partial charge on any atom is -0.478 e. The molecule has 0 spiro atoms. The number of halogens is 1. The maximum Gasteiger partial charge on any atom is 0.335 e. The van der Waals surface area contributed by atoms with Gasteiger partial charge < -0.3 is 28.6 Å². The number of aromatic carboxylic acids is 1. The largest absolute Gasteiger partial charge is 0.478 e. The van der Waals surface area contributed by atoms with E-state index in [0.29, 0.717) is 43.3 Å². The van der Waals surface area contributed by atoms with Crippen LogP contribution in [0.25, 0.3) is 11.0 Å². The van der Waals surface area contributed by atoms with Gasteiger partial charge in [-0.15, -0.1) is 0 Å². The van der Waals surface area contributed by atoms with E-state index >= 15 is 0 Å². The first kappa shape index (κ1) is 26.8. The van der Waals surface area contributed by atoms with Crippen molar-refractivity contribution in [1.82, 2.24) is 14.5 Å². The second-order valence-electron chi connectivity index (χ2n) is 10.1. The van der Waals surface area contributed by atoms with Gasteiger partial charge in [0.1, 0.15) is 23.9 Å². The minimum atomic E-state index is -0.981. The molecule has 2 aromatic heterocycles. The van der Waals surface area contributed by atoms with Crippen LogP contribution in [0.2, 0.25) is 0 Å². The van der Waals surface area contributed by atoms with Gasteiger partial charge in [-0.1, -0.05) is 12.1 Å². The van der Waals surface area contributed by atoms with Crippen LogP contribution >= 0.6 is 0 Å². The van der Waals surface area contributed by atoms with Gasteiger partial charge >= 0.3 is 5.97 Å². The van der Waals surface area contributed by atoms with Crippen molar-refractivity contribution in [3.05, 3.63) is 88.6 Å². The van der Waals surface area contributed by atoms with Gasteiger partial charge in [0.05, 0.1) is 54.1 Å². The molecule has 10 nitrogen and oxygen atoms in total. The molecule has 2 aliphatic heterocycles. The number of fused-ring (bicyclic) bond motifs is 1. The number of carboxylic acid groups (broad SMARTS) is 1. The van der Waals surface area contributed by atoms with Crippen molar-refractivity contribution in [1.29, 1.82) is 5.26 Å². The van der Waals surface area contributed by atoms with Crippen LogP contribution in [0.4, 0.5) is 4.39 Å². The Morgan fingerprint density at radius 1 is 1.12 bits per heavy atom. The Labute approximate surface area is 234 Å². The van der Waals surface area contributed by atoms with Crippen LogP contribution in [0.3, 0.4) is 0 Å². The first-order valence-corrected chi connectivity index (χ1v) is 13.3. The third kappa shape index (κ3) is 5.90. The lowest BCUT2D eigenvalue weighted by Crippen LogP contribution is -2.33. The Balaban J connectivity index is 1.10. The zero-order valence-electron chi connectivity index (χ0n) is 22.0. The molecular weight excluding hydrogens is 531 g/mol. The van der Waals surface area contributed by atoms with Crippen molar-refractivity contribution < 1.29 is 33.2 Å². The molecule has 1 unspecified atom stereocenters. The van der Waals surface area contributed by atoms with Crippen LogP contribution in [0.5, 0.6) is 5.88 Å². The number of hydrogen-bond donors (Lipinski definition) is 1. The molecule has 2 saturated heterocycles. The topological polar surface area (TPSA) is 129 Å². The van der Waals surface area contributed by atoms with Crippen molar-refractivity contribution in [2.24, 2.45) is 5.92 Å². The molecule has 0 bridgehead atoms. The fraction of sp³-hybridized carbons (Fsp3) is 0.333. The third-order valence-corrected chi connectivity index (χ3v) is 7.24. The van der Waals surface area contributed by atoms with E-state index in [1.807, 2.05) is 6.07 Å². The molecule has 2 aliphatic rings. The van der Waals surface area contributed by atoms with Crippen LogP contribution in [0.15, 0.2) is 54.6 Å². The molecule has 4 heterocycles. The number of nitriles is 1. The maximum absolute atomic E-state index is 14.2. The van der Waals surface area contributed by atoms with E-state index in [1.54, 1.807) is 36.4 Å². The van der Waals surface area contributed by atoms with Crippen molar-refractivity contribution in [2.75, 3.05) is 19.8 Å². The van der Waals surface area contributed by atoms with Gasteiger partial charge in [-0.25, -0.2) is 19.2 Å². The van der Waals surface area contributed by atoms with Crippen LogP contribution < -0.4 is 4.74 Å². The first-order valence-electron chi connectivity index (χ1n) is 13.3. The van der Waals surface area contributed by atoms with Gasteiger partial charge in [-0.3, -0.25) is 0 Å². The molecule has 4 aromatic rings. The zero-order chi connectivity index (χ0) is 28.3. The highest BCUT2D eigenvalue weighted by atomic mass is 19.1. The van der Waals surface area contributed by atoms with Crippen LogP contribution in [0.1, 0.15) is 45.7 Å². The number of ether oxygens (including phenoxy) is 4. The zero-order valence-corrected chi connectivity index (χ0v) is 22.0. The first-order chi connectivity index (χ1) is 20.0. The molecular formula is C30H27FN4O6. The van der Waals surface area contributed by atoms with Gasteiger partial charge in [-0.2, -0.15) is 5.26 Å². The van der Waals surface area contributed by atoms with E-state index < -0.39 is 18.1 Å². The minimum absolute atomic E-state index is 0.0295. The summed E-state index contributed by atoms with van der Waals surface area (Å²) in [5.41, 5.74) is 2.82. The summed E-state index contributed by atoms with van der Waals surface area (Å²) < 4.78 is 39.6. The predicted molar refractivity (Wildman–Crippen MR) is 143 cm³/mol. The summed E-state index contributed by atoms with van der Waals surface area (Å²) in [6, 6.07) is 16.3. The summed E-state index contributed by atoms with van der Waals surface area (Å²) in [7, 11) is 0.